The number of fused-ring (bicyclic) bond motifs is 1. The number of rotatable bonds is 7. The molecule has 0 aromatic heterocycles. The quantitative estimate of drug-likeness (QED) is 0.380. The molecule has 7 heteroatoms. The van der Waals surface area contributed by atoms with Crippen LogP contribution < -0.4 is 9.04 Å². The van der Waals surface area contributed by atoms with Crippen LogP contribution in [0.4, 0.5) is 5.69 Å². The number of hydrogen-bond acceptors (Lipinski definition) is 4. The lowest BCUT2D eigenvalue weighted by Crippen LogP contribution is -2.28. The summed E-state index contributed by atoms with van der Waals surface area (Å²) in [6, 6.07) is 27.0. The van der Waals surface area contributed by atoms with E-state index in [1.807, 2.05) is 36.4 Å². The minimum absolute atomic E-state index is 0.0516. The highest BCUT2D eigenvalue weighted by Gasteiger charge is 2.23. The number of carbonyl (C=O) groups is 1. The standard InChI is InChI=1S/C27H26N2O4S/c1-28(19-20-11-12-21-7-4-5-8-22(21)17-20)27(30)23-9-6-10-26(18-23)34(31,32)29(2)24-13-15-25(33-3)16-14-24/h4-18H,19H2,1-3H3. The molecule has 0 heterocycles. The first kappa shape index (κ1) is 23.3. The van der Waals surface area contributed by atoms with Crippen molar-refractivity contribution >= 4 is 32.4 Å². The van der Waals surface area contributed by atoms with Crippen molar-refractivity contribution in [3.63, 3.8) is 0 Å². The minimum atomic E-state index is -3.85. The summed E-state index contributed by atoms with van der Waals surface area (Å²) in [5.74, 6) is 0.383. The van der Waals surface area contributed by atoms with E-state index in [4.69, 9.17) is 4.74 Å². The third kappa shape index (κ3) is 4.75. The van der Waals surface area contributed by atoms with E-state index in [9.17, 15) is 13.2 Å². The van der Waals surface area contributed by atoms with E-state index in [0.29, 0.717) is 23.5 Å². The van der Waals surface area contributed by atoms with Gasteiger partial charge in [0.2, 0.25) is 0 Å². The maximum Gasteiger partial charge on any atom is 0.264 e. The van der Waals surface area contributed by atoms with E-state index < -0.39 is 10.0 Å². The lowest BCUT2D eigenvalue weighted by molar-refractivity contribution is 0.0785. The van der Waals surface area contributed by atoms with Gasteiger partial charge in [-0.25, -0.2) is 8.42 Å². The molecule has 0 N–H and O–H groups in total. The van der Waals surface area contributed by atoms with Crippen LogP contribution in [0.25, 0.3) is 10.8 Å². The molecule has 0 unspecified atom stereocenters. The highest BCUT2D eigenvalue weighted by molar-refractivity contribution is 7.92. The molecule has 0 fully saturated rings. The number of ether oxygens (including phenoxy) is 1. The van der Waals surface area contributed by atoms with E-state index in [1.165, 1.54) is 23.5 Å². The summed E-state index contributed by atoms with van der Waals surface area (Å²) in [5.41, 5.74) is 1.80. The number of amides is 1. The summed E-state index contributed by atoms with van der Waals surface area (Å²) in [6.07, 6.45) is 0. The van der Waals surface area contributed by atoms with Crippen molar-refractivity contribution in [2.45, 2.75) is 11.4 Å². The Hall–Kier alpha value is -3.84. The lowest BCUT2D eigenvalue weighted by Gasteiger charge is -2.21. The lowest BCUT2D eigenvalue weighted by atomic mass is 10.1. The number of hydrogen-bond donors (Lipinski definition) is 0. The molecule has 0 spiro atoms. The second kappa shape index (κ2) is 9.57. The molecule has 4 aromatic carbocycles. The third-order valence-corrected chi connectivity index (χ3v) is 7.54. The summed E-state index contributed by atoms with van der Waals surface area (Å²) >= 11 is 0. The number of anilines is 1. The molecular formula is C27H26N2O4S. The Labute approximate surface area is 200 Å². The monoisotopic (exact) mass is 474 g/mol. The highest BCUT2D eigenvalue weighted by Crippen LogP contribution is 2.25. The van der Waals surface area contributed by atoms with Gasteiger partial charge in [-0.3, -0.25) is 9.10 Å². The van der Waals surface area contributed by atoms with Crippen molar-refractivity contribution in [2.75, 3.05) is 25.5 Å². The zero-order valence-corrected chi connectivity index (χ0v) is 20.1. The average molecular weight is 475 g/mol. The number of sulfonamides is 1. The second-order valence-electron chi connectivity index (χ2n) is 8.04. The Kier molecular flexibility index (Phi) is 6.56. The van der Waals surface area contributed by atoms with Crippen LogP contribution in [0.15, 0.2) is 95.9 Å². The van der Waals surface area contributed by atoms with Crippen molar-refractivity contribution in [1.82, 2.24) is 4.90 Å². The van der Waals surface area contributed by atoms with Gasteiger partial charge in [-0.2, -0.15) is 0 Å². The second-order valence-corrected chi connectivity index (χ2v) is 10.0. The van der Waals surface area contributed by atoms with Gasteiger partial charge in [0.25, 0.3) is 15.9 Å². The molecule has 0 bridgehead atoms. The van der Waals surface area contributed by atoms with Crippen LogP contribution in [-0.2, 0) is 16.6 Å². The third-order valence-electron chi connectivity index (χ3n) is 5.76. The smallest absolute Gasteiger partial charge is 0.264 e. The van der Waals surface area contributed by atoms with E-state index in [1.54, 1.807) is 55.5 Å². The summed E-state index contributed by atoms with van der Waals surface area (Å²) in [7, 11) is 0.890. The van der Waals surface area contributed by atoms with Crippen molar-refractivity contribution < 1.29 is 17.9 Å². The molecule has 0 aliphatic rings. The molecule has 34 heavy (non-hydrogen) atoms. The van der Waals surface area contributed by atoms with Gasteiger partial charge in [0.1, 0.15) is 5.75 Å². The Morgan fingerprint density at radius 3 is 2.24 bits per heavy atom. The summed E-state index contributed by atoms with van der Waals surface area (Å²) in [4.78, 5) is 14.7. The van der Waals surface area contributed by atoms with Gasteiger partial charge in [-0.1, -0.05) is 42.5 Å². The van der Waals surface area contributed by atoms with Gasteiger partial charge in [-0.05, 0) is 64.9 Å². The van der Waals surface area contributed by atoms with Gasteiger partial charge >= 0.3 is 0 Å². The van der Waals surface area contributed by atoms with E-state index in [2.05, 4.69) is 6.07 Å². The normalized spacial score (nSPS) is 11.3. The van der Waals surface area contributed by atoms with Crippen molar-refractivity contribution in [1.29, 1.82) is 0 Å². The van der Waals surface area contributed by atoms with Gasteiger partial charge < -0.3 is 9.64 Å². The van der Waals surface area contributed by atoms with Crippen LogP contribution in [-0.4, -0.2) is 40.4 Å². The van der Waals surface area contributed by atoms with Crippen molar-refractivity contribution in [3.05, 3.63) is 102 Å². The molecule has 0 aliphatic heterocycles. The fraction of sp³-hybridized carbons (Fsp3) is 0.148. The van der Waals surface area contributed by atoms with Crippen molar-refractivity contribution in [2.24, 2.45) is 0 Å². The van der Waals surface area contributed by atoms with Crippen LogP contribution in [0.5, 0.6) is 5.75 Å². The molecule has 0 saturated carbocycles. The molecule has 4 rings (SSSR count). The highest BCUT2D eigenvalue weighted by atomic mass is 32.2. The Morgan fingerprint density at radius 2 is 1.53 bits per heavy atom. The summed E-state index contributed by atoms with van der Waals surface area (Å²) in [6.45, 7) is 0.409. The molecule has 4 aromatic rings. The number of nitrogens with zero attached hydrogens (tertiary/aromatic N) is 2. The minimum Gasteiger partial charge on any atom is -0.497 e. The predicted octanol–water partition coefficient (Wildman–Crippen LogP) is 4.95. The molecule has 0 atom stereocenters. The summed E-state index contributed by atoms with van der Waals surface area (Å²) < 4.78 is 32.8. The molecule has 0 saturated heterocycles. The topological polar surface area (TPSA) is 66.9 Å². The van der Waals surface area contributed by atoms with Crippen molar-refractivity contribution in [3.8, 4) is 5.75 Å². The van der Waals surface area contributed by atoms with E-state index in [0.717, 1.165) is 16.3 Å². The van der Waals surface area contributed by atoms with Gasteiger partial charge in [0.15, 0.2) is 0 Å². The number of methoxy groups -OCH3 is 1. The van der Waals surface area contributed by atoms with Crippen LogP contribution in [0.3, 0.4) is 0 Å². The predicted molar refractivity (Wildman–Crippen MR) is 135 cm³/mol. The maximum atomic E-state index is 13.2. The molecule has 0 aliphatic carbocycles. The molecule has 1 amide bonds. The van der Waals surface area contributed by atoms with Crippen LogP contribution in [0.1, 0.15) is 15.9 Å². The summed E-state index contributed by atoms with van der Waals surface area (Å²) in [5, 5.41) is 2.25. The van der Waals surface area contributed by atoms with Crippen LogP contribution in [0, 0.1) is 0 Å². The van der Waals surface area contributed by atoms with Crippen LogP contribution >= 0.6 is 0 Å². The van der Waals surface area contributed by atoms with Gasteiger partial charge in [0.05, 0.1) is 17.7 Å². The largest absolute Gasteiger partial charge is 0.497 e. The number of benzene rings is 4. The molecule has 174 valence electrons. The Morgan fingerprint density at radius 1 is 0.824 bits per heavy atom. The SMILES string of the molecule is COc1ccc(N(C)S(=O)(=O)c2cccc(C(=O)N(C)Cc3ccc4ccccc4c3)c2)cc1. The zero-order valence-electron chi connectivity index (χ0n) is 19.3. The van der Waals surface area contributed by atoms with E-state index in [-0.39, 0.29) is 10.8 Å². The first-order valence-corrected chi connectivity index (χ1v) is 12.2. The maximum absolute atomic E-state index is 13.2. The number of carbonyl (C=O) groups excluding carboxylic acids is 1. The Bertz CT molecular complexity index is 1430. The molecule has 6 nitrogen and oxygen atoms in total. The zero-order chi connectivity index (χ0) is 24.3. The fourth-order valence-corrected chi connectivity index (χ4v) is 5.02. The average Bonchev–Trinajstić information content (AvgIpc) is 2.87. The molecule has 0 radical (unpaired) electrons. The van der Waals surface area contributed by atoms with E-state index >= 15 is 0 Å². The first-order valence-electron chi connectivity index (χ1n) is 10.8. The van der Waals surface area contributed by atoms with Gasteiger partial charge in [-0.15, -0.1) is 0 Å². The Balaban J connectivity index is 1.54. The molecular weight excluding hydrogens is 448 g/mol. The fourth-order valence-electron chi connectivity index (χ4n) is 3.78. The first-order chi connectivity index (χ1) is 16.3. The van der Waals surface area contributed by atoms with Crippen LogP contribution in [0.2, 0.25) is 0 Å². The van der Waals surface area contributed by atoms with Gasteiger partial charge in [0, 0.05) is 26.2 Å².